The first-order valence-corrected chi connectivity index (χ1v) is 6.03. The van der Waals surface area contributed by atoms with Crippen molar-refractivity contribution in [3.63, 3.8) is 0 Å². The fraction of sp³-hybridized carbons (Fsp3) is 0.357. The summed E-state index contributed by atoms with van der Waals surface area (Å²) in [5.41, 5.74) is 1.27. The van der Waals surface area contributed by atoms with E-state index in [-0.39, 0.29) is 12.3 Å². The van der Waals surface area contributed by atoms with E-state index in [1.807, 2.05) is 6.07 Å². The molecule has 1 fully saturated rings. The van der Waals surface area contributed by atoms with Crippen LogP contribution in [-0.2, 0) is 9.59 Å². The lowest BCUT2D eigenvalue weighted by atomic mass is 9.84. The average molecular weight is 258 g/mol. The molecule has 1 N–H and O–H groups in total. The van der Waals surface area contributed by atoms with Crippen molar-refractivity contribution in [2.75, 3.05) is 7.05 Å². The number of carboxylic acids is 1. The third-order valence-electron chi connectivity index (χ3n) is 3.56. The Bertz CT molecular complexity index is 545. The van der Waals surface area contributed by atoms with Crippen LogP contribution in [0.4, 0.5) is 0 Å². The van der Waals surface area contributed by atoms with E-state index in [0.29, 0.717) is 12.0 Å². The van der Waals surface area contributed by atoms with Crippen molar-refractivity contribution in [3.05, 3.63) is 35.4 Å². The molecule has 0 bridgehead atoms. The van der Waals surface area contributed by atoms with Gasteiger partial charge in [-0.05, 0) is 24.1 Å². The van der Waals surface area contributed by atoms with Gasteiger partial charge in [-0.25, -0.2) is 0 Å². The van der Waals surface area contributed by atoms with E-state index in [1.54, 1.807) is 31.3 Å². The number of benzene rings is 1. The molecular weight excluding hydrogens is 244 g/mol. The zero-order chi connectivity index (χ0) is 14.0. The molecular formula is C14H14N2O3. The number of likely N-dealkylation sites (tertiary alicyclic amines) is 1. The van der Waals surface area contributed by atoms with Crippen molar-refractivity contribution < 1.29 is 14.7 Å². The van der Waals surface area contributed by atoms with Crippen LogP contribution in [0.2, 0.25) is 0 Å². The van der Waals surface area contributed by atoms with Crippen LogP contribution in [0.5, 0.6) is 0 Å². The summed E-state index contributed by atoms with van der Waals surface area (Å²) in [6.07, 6.45) is 0.615. The Morgan fingerprint density at radius 2 is 2.05 bits per heavy atom. The molecule has 2 rings (SSSR count). The highest BCUT2D eigenvalue weighted by Crippen LogP contribution is 2.35. The third kappa shape index (κ3) is 2.43. The Morgan fingerprint density at radius 1 is 1.42 bits per heavy atom. The van der Waals surface area contributed by atoms with Crippen LogP contribution in [0.15, 0.2) is 24.3 Å². The van der Waals surface area contributed by atoms with Crippen LogP contribution < -0.4 is 0 Å². The minimum Gasteiger partial charge on any atom is -0.481 e. The number of nitrogens with zero attached hydrogens (tertiary/aromatic N) is 2. The molecule has 1 aromatic rings. The first-order valence-electron chi connectivity index (χ1n) is 6.03. The van der Waals surface area contributed by atoms with Gasteiger partial charge in [0, 0.05) is 13.5 Å². The molecule has 19 heavy (non-hydrogen) atoms. The molecule has 5 heteroatoms. The molecule has 0 aliphatic carbocycles. The quantitative estimate of drug-likeness (QED) is 0.872. The third-order valence-corrected chi connectivity index (χ3v) is 3.56. The molecule has 1 heterocycles. The van der Waals surface area contributed by atoms with Crippen LogP contribution >= 0.6 is 0 Å². The number of hydrogen-bond donors (Lipinski definition) is 1. The molecule has 1 aliphatic rings. The molecule has 1 aromatic carbocycles. The molecule has 2 unspecified atom stereocenters. The number of nitriles is 1. The van der Waals surface area contributed by atoms with Gasteiger partial charge in [-0.1, -0.05) is 12.1 Å². The fourth-order valence-electron chi connectivity index (χ4n) is 2.51. The van der Waals surface area contributed by atoms with Gasteiger partial charge in [-0.15, -0.1) is 0 Å². The van der Waals surface area contributed by atoms with Gasteiger partial charge in [0.15, 0.2) is 0 Å². The van der Waals surface area contributed by atoms with Crippen LogP contribution in [0, 0.1) is 17.2 Å². The predicted molar refractivity (Wildman–Crippen MR) is 67.0 cm³/mol. The van der Waals surface area contributed by atoms with Crippen LogP contribution in [0.3, 0.4) is 0 Å². The standard InChI is InChI=1S/C14H14N2O3/c1-16-12(17)7-6-11(14(18)19)13(16)10-4-2-9(8-15)3-5-10/h2-5,11,13H,6-7H2,1H3,(H,18,19). The SMILES string of the molecule is CN1C(=O)CCC(C(=O)O)C1c1ccc(C#N)cc1. The topological polar surface area (TPSA) is 81.4 Å². The lowest BCUT2D eigenvalue weighted by Crippen LogP contribution is -2.42. The number of piperidine rings is 1. The highest BCUT2D eigenvalue weighted by molar-refractivity contribution is 5.81. The number of carbonyl (C=O) groups is 2. The number of aliphatic carboxylic acids is 1. The van der Waals surface area contributed by atoms with Gasteiger partial charge in [-0.3, -0.25) is 9.59 Å². The van der Waals surface area contributed by atoms with Gasteiger partial charge in [-0.2, -0.15) is 5.26 Å². The summed E-state index contributed by atoms with van der Waals surface area (Å²) in [6, 6.07) is 8.26. The summed E-state index contributed by atoms with van der Waals surface area (Å²) in [4.78, 5) is 24.6. The zero-order valence-corrected chi connectivity index (χ0v) is 10.5. The summed E-state index contributed by atoms with van der Waals surface area (Å²) in [7, 11) is 1.63. The lowest BCUT2D eigenvalue weighted by molar-refractivity contribution is -0.150. The maximum Gasteiger partial charge on any atom is 0.308 e. The minimum atomic E-state index is -0.895. The van der Waals surface area contributed by atoms with Crippen molar-refractivity contribution in [1.82, 2.24) is 4.90 Å². The predicted octanol–water partition coefficient (Wildman–Crippen LogP) is 1.55. The Hall–Kier alpha value is -2.35. The minimum absolute atomic E-state index is 0.0492. The average Bonchev–Trinajstić information content (AvgIpc) is 2.41. The van der Waals surface area contributed by atoms with Crippen molar-refractivity contribution in [2.45, 2.75) is 18.9 Å². The fourth-order valence-corrected chi connectivity index (χ4v) is 2.51. The second-order valence-electron chi connectivity index (χ2n) is 4.67. The van der Waals surface area contributed by atoms with Gasteiger partial charge < -0.3 is 10.0 Å². The van der Waals surface area contributed by atoms with Crippen molar-refractivity contribution in [2.24, 2.45) is 5.92 Å². The monoisotopic (exact) mass is 258 g/mol. The smallest absolute Gasteiger partial charge is 0.308 e. The highest BCUT2D eigenvalue weighted by atomic mass is 16.4. The summed E-state index contributed by atoms with van der Waals surface area (Å²) >= 11 is 0. The maximum absolute atomic E-state index is 11.7. The number of carboxylic acid groups (broad SMARTS) is 1. The molecule has 1 amide bonds. The molecule has 98 valence electrons. The lowest BCUT2D eigenvalue weighted by Gasteiger charge is -2.37. The molecule has 0 spiro atoms. The van der Waals surface area contributed by atoms with Gasteiger partial charge >= 0.3 is 5.97 Å². The normalized spacial score (nSPS) is 22.9. The molecule has 1 saturated heterocycles. The summed E-state index contributed by atoms with van der Waals surface area (Å²) < 4.78 is 0. The van der Waals surface area contributed by atoms with Crippen LogP contribution in [0.1, 0.15) is 30.0 Å². The van der Waals surface area contributed by atoms with E-state index in [2.05, 4.69) is 0 Å². The second kappa shape index (κ2) is 5.11. The van der Waals surface area contributed by atoms with Crippen LogP contribution in [-0.4, -0.2) is 28.9 Å². The van der Waals surface area contributed by atoms with E-state index in [4.69, 9.17) is 5.26 Å². The highest BCUT2D eigenvalue weighted by Gasteiger charge is 2.38. The first kappa shape index (κ1) is 13.1. The molecule has 5 nitrogen and oxygen atoms in total. The number of rotatable bonds is 2. The first-order chi connectivity index (χ1) is 9.04. The summed E-state index contributed by atoms with van der Waals surface area (Å²) in [5.74, 6) is -1.55. The summed E-state index contributed by atoms with van der Waals surface area (Å²) in [6.45, 7) is 0. The van der Waals surface area contributed by atoms with Crippen molar-refractivity contribution in [1.29, 1.82) is 5.26 Å². The Morgan fingerprint density at radius 3 is 2.58 bits per heavy atom. The molecule has 0 saturated carbocycles. The van der Waals surface area contributed by atoms with E-state index in [9.17, 15) is 14.7 Å². The van der Waals surface area contributed by atoms with E-state index in [0.717, 1.165) is 5.56 Å². The zero-order valence-electron chi connectivity index (χ0n) is 10.5. The Balaban J connectivity index is 2.38. The van der Waals surface area contributed by atoms with E-state index < -0.39 is 17.9 Å². The van der Waals surface area contributed by atoms with Gasteiger partial charge in [0.1, 0.15) is 0 Å². The number of amides is 1. The van der Waals surface area contributed by atoms with Gasteiger partial charge in [0.05, 0.1) is 23.6 Å². The van der Waals surface area contributed by atoms with E-state index >= 15 is 0 Å². The molecule has 2 atom stereocenters. The van der Waals surface area contributed by atoms with Crippen molar-refractivity contribution >= 4 is 11.9 Å². The number of carbonyl (C=O) groups excluding carboxylic acids is 1. The van der Waals surface area contributed by atoms with Gasteiger partial charge in [0.25, 0.3) is 0 Å². The molecule has 0 aromatic heterocycles. The molecule has 0 radical (unpaired) electrons. The second-order valence-corrected chi connectivity index (χ2v) is 4.67. The van der Waals surface area contributed by atoms with Crippen LogP contribution in [0.25, 0.3) is 0 Å². The van der Waals surface area contributed by atoms with Crippen molar-refractivity contribution in [3.8, 4) is 6.07 Å². The Kier molecular flexibility index (Phi) is 3.52. The Labute approximate surface area is 111 Å². The van der Waals surface area contributed by atoms with E-state index in [1.165, 1.54) is 4.90 Å². The largest absolute Gasteiger partial charge is 0.481 e. The maximum atomic E-state index is 11.7. The number of hydrogen-bond acceptors (Lipinski definition) is 3. The summed E-state index contributed by atoms with van der Waals surface area (Å²) in [5, 5.41) is 18.0. The van der Waals surface area contributed by atoms with Gasteiger partial charge in [0.2, 0.25) is 5.91 Å². The molecule has 1 aliphatic heterocycles.